The van der Waals surface area contributed by atoms with Gasteiger partial charge in [0.05, 0.1) is 5.56 Å². The van der Waals surface area contributed by atoms with Gasteiger partial charge in [-0.2, -0.15) is 0 Å². The van der Waals surface area contributed by atoms with Crippen molar-refractivity contribution in [1.29, 1.82) is 0 Å². The Bertz CT molecular complexity index is 496. The molecule has 1 N–H and O–H groups in total. The second kappa shape index (κ2) is 5.43. The van der Waals surface area contributed by atoms with Crippen molar-refractivity contribution in [2.24, 2.45) is 5.92 Å². The molecular weight excluding hydrogens is 242 g/mol. The highest BCUT2D eigenvalue weighted by molar-refractivity contribution is 5.97. The van der Waals surface area contributed by atoms with Crippen molar-refractivity contribution in [2.45, 2.75) is 32.7 Å². The van der Waals surface area contributed by atoms with Gasteiger partial charge in [-0.3, -0.25) is 4.79 Å². The van der Waals surface area contributed by atoms with Crippen LogP contribution in [0.3, 0.4) is 0 Å². The summed E-state index contributed by atoms with van der Waals surface area (Å²) in [5, 5.41) is 8.97. The molecule has 1 atom stereocenters. The second-order valence-electron chi connectivity index (χ2n) is 5.34. The Balaban J connectivity index is 2.24. The fourth-order valence-corrected chi connectivity index (χ4v) is 2.69. The Hall–Kier alpha value is -1.84. The molecule has 2 rings (SSSR count). The molecule has 19 heavy (non-hydrogen) atoms. The van der Waals surface area contributed by atoms with Gasteiger partial charge in [0.2, 0.25) is 0 Å². The summed E-state index contributed by atoms with van der Waals surface area (Å²) in [6.07, 6.45) is 2.05. The number of benzene rings is 1. The summed E-state index contributed by atoms with van der Waals surface area (Å²) in [6, 6.07) is 6.53. The van der Waals surface area contributed by atoms with Gasteiger partial charge in [-0.25, -0.2) is 4.79 Å². The predicted molar refractivity (Wildman–Crippen MR) is 72.3 cm³/mol. The van der Waals surface area contributed by atoms with E-state index in [-0.39, 0.29) is 17.5 Å². The van der Waals surface area contributed by atoms with Gasteiger partial charge in [0, 0.05) is 18.2 Å². The highest BCUT2D eigenvalue weighted by Gasteiger charge is 2.31. The van der Waals surface area contributed by atoms with Gasteiger partial charge < -0.3 is 10.0 Å². The number of aromatic carboxylic acids is 1. The monoisotopic (exact) mass is 261 g/mol. The summed E-state index contributed by atoms with van der Waals surface area (Å²) in [6.45, 7) is 4.99. The van der Waals surface area contributed by atoms with Crippen LogP contribution in [0.5, 0.6) is 0 Å². The zero-order valence-electron chi connectivity index (χ0n) is 11.3. The number of likely N-dealkylation sites (tertiary alicyclic amines) is 1. The van der Waals surface area contributed by atoms with Gasteiger partial charge in [0.25, 0.3) is 5.91 Å². The highest BCUT2D eigenvalue weighted by atomic mass is 16.4. The Morgan fingerprint density at radius 1 is 1.32 bits per heavy atom. The van der Waals surface area contributed by atoms with E-state index in [1.54, 1.807) is 12.1 Å². The standard InChI is InChI=1S/C15H19NO3/c1-10(2)13-7-4-8-16(13)14(17)11-5-3-6-12(9-11)15(18)19/h3,5-6,9-10,13H,4,7-8H2,1-2H3,(H,18,19). The van der Waals surface area contributed by atoms with Crippen molar-refractivity contribution < 1.29 is 14.7 Å². The maximum Gasteiger partial charge on any atom is 0.335 e. The van der Waals surface area contributed by atoms with Crippen molar-refractivity contribution in [1.82, 2.24) is 4.90 Å². The molecule has 0 aliphatic carbocycles. The highest BCUT2D eigenvalue weighted by Crippen LogP contribution is 2.25. The molecular formula is C15H19NO3. The number of rotatable bonds is 3. The molecule has 1 fully saturated rings. The molecule has 0 radical (unpaired) electrons. The van der Waals surface area contributed by atoms with Gasteiger partial charge in [0.1, 0.15) is 0 Å². The maximum atomic E-state index is 12.5. The average molecular weight is 261 g/mol. The smallest absolute Gasteiger partial charge is 0.335 e. The molecule has 1 aromatic rings. The van der Waals surface area contributed by atoms with Crippen LogP contribution < -0.4 is 0 Å². The van der Waals surface area contributed by atoms with Gasteiger partial charge >= 0.3 is 5.97 Å². The van der Waals surface area contributed by atoms with Crippen LogP contribution in [0.25, 0.3) is 0 Å². The molecule has 0 aromatic heterocycles. The van der Waals surface area contributed by atoms with Crippen LogP contribution in [0, 0.1) is 5.92 Å². The van der Waals surface area contributed by atoms with Crippen LogP contribution in [0.4, 0.5) is 0 Å². The number of carbonyl (C=O) groups excluding carboxylic acids is 1. The fourth-order valence-electron chi connectivity index (χ4n) is 2.69. The number of carboxylic acid groups (broad SMARTS) is 1. The molecule has 1 aliphatic rings. The van der Waals surface area contributed by atoms with E-state index in [2.05, 4.69) is 13.8 Å². The summed E-state index contributed by atoms with van der Waals surface area (Å²) < 4.78 is 0. The van der Waals surface area contributed by atoms with Crippen molar-refractivity contribution in [3.05, 3.63) is 35.4 Å². The molecule has 1 aromatic carbocycles. The van der Waals surface area contributed by atoms with Crippen LogP contribution in [0.2, 0.25) is 0 Å². The van der Waals surface area contributed by atoms with Crippen molar-refractivity contribution in [2.75, 3.05) is 6.54 Å². The number of hydrogen-bond acceptors (Lipinski definition) is 2. The third-order valence-electron chi connectivity index (χ3n) is 3.69. The molecule has 1 amide bonds. The van der Waals surface area contributed by atoms with E-state index in [1.165, 1.54) is 12.1 Å². The lowest BCUT2D eigenvalue weighted by molar-refractivity contribution is 0.0697. The van der Waals surface area contributed by atoms with Crippen LogP contribution >= 0.6 is 0 Å². The lowest BCUT2D eigenvalue weighted by atomic mass is 10.0. The Morgan fingerprint density at radius 3 is 2.63 bits per heavy atom. The van der Waals surface area contributed by atoms with E-state index < -0.39 is 5.97 Å². The van der Waals surface area contributed by atoms with Gasteiger partial charge in [0.15, 0.2) is 0 Å². The number of carbonyl (C=O) groups is 2. The van der Waals surface area contributed by atoms with E-state index in [0.29, 0.717) is 11.5 Å². The number of amides is 1. The first-order chi connectivity index (χ1) is 9.00. The minimum atomic E-state index is -1.00. The minimum Gasteiger partial charge on any atom is -0.478 e. The van der Waals surface area contributed by atoms with Gasteiger partial charge in [-0.15, -0.1) is 0 Å². The van der Waals surface area contributed by atoms with Gasteiger partial charge in [-0.1, -0.05) is 19.9 Å². The van der Waals surface area contributed by atoms with Crippen molar-refractivity contribution >= 4 is 11.9 Å². The molecule has 0 spiro atoms. The summed E-state index contributed by atoms with van der Waals surface area (Å²) in [5.74, 6) is -0.634. The summed E-state index contributed by atoms with van der Waals surface area (Å²) in [4.78, 5) is 25.3. The summed E-state index contributed by atoms with van der Waals surface area (Å²) in [5.41, 5.74) is 0.624. The molecule has 0 saturated carbocycles. The minimum absolute atomic E-state index is 0.0562. The number of carboxylic acids is 1. The summed E-state index contributed by atoms with van der Waals surface area (Å²) in [7, 11) is 0. The van der Waals surface area contributed by atoms with Gasteiger partial charge in [-0.05, 0) is 37.0 Å². The molecule has 0 bridgehead atoms. The van der Waals surface area contributed by atoms with E-state index in [1.807, 2.05) is 4.90 Å². The van der Waals surface area contributed by atoms with Crippen LogP contribution in [-0.4, -0.2) is 34.5 Å². The van der Waals surface area contributed by atoms with Crippen LogP contribution in [0.15, 0.2) is 24.3 Å². The first-order valence-corrected chi connectivity index (χ1v) is 6.65. The third-order valence-corrected chi connectivity index (χ3v) is 3.69. The maximum absolute atomic E-state index is 12.5. The number of hydrogen-bond donors (Lipinski definition) is 1. The Morgan fingerprint density at radius 2 is 2.00 bits per heavy atom. The first kappa shape index (κ1) is 13.6. The zero-order valence-corrected chi connectivity index (χ0v) is 11.3. The van der Waals surface area contributed by atoms with Crippen molar-refractivity contribution in [3.8, 4) is 0 Å². The Labute approximate surface area is 113 Å². The van der Waals surface area contributed by atoms with E-state index in [0.717, 1.165) is 19.4 Å². The molecule has 102 valence electrons. The molecule has 4 heteroatoms. The van der Waals surface area contributed by atoms with E-state index >= 15 is 0 Å². The quantitative estimate of drug-likeness (QED) is 0.910. The fraction of sp³-hybridized carbons (Fsp3) is 0.467. The topological polar surface area (TPSA) is 57.6 Å². The largest absolute Gasteiger partial charge is 0.478 e. The van der Waals surface area contributed by atoms with E-state index in [9.17, 15) is 9.59 Å². The Kier molecular flexibility index (Phi) is 3.88. The molecule has 4 nitrogen and oxygen atoms in total. The normalized spacial score (nSPS) is 18.9. The molecule has 1 unspecified atom stereocenters. The lowest BCUT2D eigenvalue weighted by Gasteiger charge is -2.27. The third kappa shape index (κ3) is 2.78. The molecule has 1 saturated heterocycles. The first-order valence-electron chi connectivity index (χ1n) is 6.65. The molecule has 1 heterocycles. The number of nitrogens with zero attached hydrogens (tertiary/aromatic N) is 1. The van der Waals surface area contributed by atoms with Crippen molar-refractivity contribution in [3.63, 3.8) is 0 Å². The summed E-state index contributed by atoms with van der Waals surface area (Å²) >= 11 is 0. The predicted octanol–water partition coefficient (Wildman–Crippen LogP) is 2.65. The van der Waals surface area contributed by atoms with Crippen LogP contribution in [-0.2, 0) is 0 Å². The SMILES string of the molecule is CC(C)C1CCCN1C(=O)c1cccc(C(=O)O)c1. The van der Waals surface area contributed by atoms with Crippen LogP contribution in [0.1, 0.15) is 47.4 Å². The average Bonchev–Trinajstić information content (AvgIpc) is 2.87. The molecule has 1 aliphatic heterocycles. The zero-order chi connectivity index (χ0) is 14.0. The lowest BCUT2D eigenvalue weighted by Crippen LogP contribution is -2.38. The van der Waals surface area contributed by atoms with E-state index in [4.69, 9.17) is 5.11 Å². The second-order valence-corrected chi connectivity index (χ2v) is 5.34.